The number of hydrogen-bond donors (Lipinski definition) is 2. The van der Waals surface area contributed by atoms with E-state index in [1.807, 2.05) is 0 Å². The summed E-state index contributed by atoms with van der Waals surface area (Å²) < 4.78 is 64.4. The number of furan rings is 1. The molecule has 204 valence electrons. The first kappa shape index (κ1) is 27.7. The summed E-state index contributed by atoms with van der Waals surface area (Å²) in [5.74, 6) is -1.45. The zero-order valence-corrected chi connectivity index (χ0v) is 21.6. The molecular weight excluding hydrogens is 516 g/mol. The van der Waals surface area contributed by atoms with Crippen molar-refractivity contribution >= 4 is 28.5 Å². The van der Waals surface area contributed by atoms with Crippen molar-refractivity contribution in [1.82, 2.24) is 5.32 Å². The van der Waals surface area contributed by atoms with E-state index in [-0.39, 0.29) is 28.2 Å². The Kier molecular flexibility index (Phi) is 7.41. The third-order valence-corrected chi connectivity index (χ3v) is 5.68. The Bertz CT molecular complexity index is 1530. The summed E-state index contributed by atoms with van der Waals surface area (Å²) in [6.45, 7) is 3.84. The fourth-order valence-electron chi connectivity index (χ4n) is 4.03. The molecule has 6 nitrogen and oxygen atoms in total. The van der Waals surface area contributed by atoms with Gasteiger partial charge in [0.1, 0.15) is 29.3 Å². The van der Waals surface area contributed by atoms with Gasteiger partial charge < -0.3 is 19.8 Å². The van der Waals surface area contributed by atoms with Crippen LogP contribution >= 0.6 is 0 Å². The van der Waals surface area contributed by atoms with Gasteiger partial charge in [0.15, 0.2) is 0 Å². The van der Waals surface area contributed by atoms with E-state index >= 15 is 0 Å². The minimum Gasteiger partial charge on any atom is -0.456 e. The largest absolute Gasteiger partial charge is 0.456 e. The van der Waals surface area contributed by atoms with Crippen LogP contribution < -0.4 is 10.6 Å². The molecule has 0 atom stereocenters. The van der Waals surface area contributed by atoms with E-state index < -0.39 is 36.0 Å². The number of fused-ring (bicyclic) bond motifs is 1. The molecule has 0 radical (unpaired) electrons. The van der Waals surface area contributed by atoms with Crippen molar-refractivity contribution in [1.29, 1.82) is 0 Å². The minimum absolute atomic E-state index is 0.0732. The average molecular weight is 543 g/mol. The quantitative estimate of drug-likeness (QED) is 0.199. The van der Waals surface area contributed by atoms with Gasteiger partial charge >= 0.3 is 12.1 Å². The highest BCUT2D eigenvalue weighted by Gasteiger charge is 2.29. The standard InChI is InChI=1S/C29H26F4N2O4/c1-28(2,3)39-27(37)18-7-5-6-17(12-18)20-13-21-23(14-22(20)35-15-29(31,32)33)38-25(24(21)26(36)34-4)16-8-10-19(30)11-9-16/h5-14,35H,15H2,1-4H3,(H,34,36). The summed E-state index contributed by atoms with van der Waals surface area (Å²) in [4.78, 5) is 25.6. The SMILES string of the molecule is CNC(=O)c1c(-c2ccc(F)cc2)oc2cc(NCC(F)(F)F)c(-c3cccc(C(=O)OC(C)(C)C)c3)cc12. The monoisotopic (exact) mass is 542 g/mol. The van der Waals surface area contributed by atoms with Crippen LogP contribution in [0.25, 0.3) is 33.4 Å². The van der Waals surface area contributed by atoms with E-state index in [0.717, 1.165) is 0 Å². The Balaban J connectivity index is 1.93. The van der Waals surface area contributed by atoms with Gasteiger partial charge in [0.2, 0.25) is 0 Å². The van der Waals surface area contributed by atoms with E-state index in [2.05, 4.69) is 10.6 Å². The second-order valence-corrected chi connectivity index (χ2v) is 9.84. The van der Waals surface area contributed by atoms with Gasteiger partial charge in [-0.2, -0.15) is 13.2 Å². The number of carbonyl (C=O) groups is 2. The molecular formula is C29H26F4N2O4. The van der Waals surface area contributed by atoms with Crippen LogP contribution in [0.2, 0.25) is 0 Å². The van der Waals surface area contributed by atoms with Crippen LogP contribution in [0.5, 0.6) is 0 Å². The summed E-state index contributed by atoms with van der Waals surface area (Å²) >= 11 is 0. The third kappa shape index (κ3) is 6.39. The number of halogens is 4. The molecule has 1 heterocycles. The maximum atomic E-state index is 13.5. The zero-order valence-electron chi connectivity index (χ0n) is 21.6. The number of amides is 1. The van der Waals surface area contributed by atoms with Crippen molar-refractivity contribution in [3.8, 4) is 22.5 Å². The highest BCUT2D eigenvalue weighted by Crippen LogP contribution is 2.40. The topological polar surface area (TPSA) is 80.6 Å². The number of carbonyl (C=O) groups excluding carboxylic acids is 2. The van der Waals surface area contributed by atoms with Crippen LogP contribution in [0, 0.1) is 5.82 Å². The summed E-state index contributed by atoms with van der Waals surface area (Å²) in [6.07, 6.45) is -4.51. The van der Waals surface area contributed by atoms with Crippen molar-refractivity contribution in [2.24, 2.45) is 0 Å². The highest BCUT2D eigenvalue weighted by molar-refractivity contribution is 6.13. The molecule has 0 spiro atoms. The lowest BCUT2D eigenvalue weighted by Gasteiger charge is -2.20. The molecule has 0 fully saturated rings. The van der Waals surface area contributed by atoms with Gasteiger partial charge in [-0.25, -0.2) is 9.18 Å². The number of hydrogen-bond acceptors (Lipinski definition) is 5. The molecule has 39 heavy (non-hydrogen) atoms. The van der Waals surface area contributed by atoms with Crippen LogP contribution in [0.3, 0.4) is 0 Å². The van der Waals surface area contributed by atoms with Gasteiger partial charge in [0.05, 0.1) is 11.1 Å². The molecule has 0 saturated carbocycles. The zero-order chi connectivity index (χ0) is 28.5. The second kappa shape index (κ2) is 10.4. The number of alkyl halides is 3. The van der Waals surface area contributed by atoms with Crippen molar-refractivity contribution in [3.05, 3.63) is 77.6 Å². The molecule has 0 aliphatic carbocycles. The number of esters is 1. The van der Waals surface area contributed by atoms with Gasteiger partial charge in [-0.05, 0) is 68.8 Å². The number of anilines is 1. The predicted octanol–water partition coefficient (Wildman–Crippen LogP) is 7.20. The Labute approximate surface area is 222 Å². The molecule has 1 amide bonds. The van der Waals surface area contributed by atoms with E-state index in [9.17, 15) is 27.2 Å². The Morgan fingerprint density at radius 3 is 2.26 bits per heavy atom. The smallest absolute Gasteiger partial charge is 0.405 e. The highest BCUT2D eigenvalue weighted by atomic mass is 19.4. The molecule has 0 saturated heterocycles. The molecule has 10 heteroatoms. The first-order valence-electron chi connectivity index (χ1n) is 12.0. The normalized spacial score (nSPS) is 11.9. The van der Waals surface area contributed by atoms with E-state index in [1.165, 1.54) is 49.5 Å². The van der Waals surface area contributed by atoms with E-state index in [0.29, 0.717) is 22.1 Å². The molecule has 0 unspecified atom stereocenters. The fourth-order valence-corrected chi connectivity index (χ4v) is 4.03. The Hall–Kier alpha value is -4.34. The first-order valence-corrected chi connectivity index (χ1v) is 12.0. The number of benzene rings is 3. The van der Waals surface area contributed by atoms with Crippen molar-refractivity contribution < 1.29 is 36.3 Å². The maximum Gasteiger partial charge on any atom is 0.405 e. The van der Waals surface area contributed by atoms with E-state index in [4.69, 9.17) is 9.15 Å². The van der Waals surface area contributed by atoms with Crippen LogP contribution in [0.4, 0.5) is 23.2 Å². The average Bonchev–Trinajstić information content (AvgIpc) is 3.24. The molecule has 0 bridgehead atoms. The number of ether oxygens (including phenoxy) is 1. The number of nitrogens with one attached hydrogen (secondary N) is 2. The Morgan fingerprint density at radius 1 is 0.949 bits per heavy atom. The second-order valence-electron chi connectivity index (χ2n) is 9.84. The molecule has 4 rings (SSSR count). The third-order valence-electron chi connectivity index (χ3n) is 5.68. The lowest BCUT2D eigenvalue weighted by molar-refractivity contribution is -0.115. The lowest BCUT2D eigenvalue weighted by Crippen LogP contribution is -2.23. The Morgan fingerprint density at radius 2 is 1.64 bits per heavy atom. The molecule has 4 aromatic rings. The van der Waals surface area contributed by atoms with Crippen molar-refractivity contribution in [2.75, 3.05) is 18.9 Å². The molecule has 2 N–H and O–H groups in total. The van der Waals surface area contributed by atoms with Gasteiger partial charge in [-0.3, -0.25) is 4.79 Å². The van der Waals surface area contributed by atoms with E-state index in [1.54, 1.807) is 39.0 Å². The summed E-state index contributed by atoms with van der Waals surface area (Å²) in [5.41, 5.74) is 0.923. The van der Waals surface area contributed by atoms with Crippen molar-refractivity contribution in [2.45, 2.75) is 32.5 Å². The molecule has 0 aliphatic heterocycles. The molecule has 3 aromatic carbocycles. The predicted molar refractivity (Wildman–Crippen MR) is 140 cm³/mol. The minimum atomic E-state index is -4.51. The first-order chi connectivity index (χ1) is 18.3. The molecule has 1 aromatic heterocycles. The molecule has 0 aliphatic rings. The van der Waals surface area contributed by atoms with Crippen LogP contribution in [0.1, 0.15) is 41.5 Å². The van der Waals surface area contributed by atoms with Gasteiger partial charge in [-0.15, -0.1) is 0 Å². The summed E-state index contributed by atoms with van der Waals surface area (Å²) in [6, 6.07) is 14.5. The maximum absolute atomic E-state index is 13.5. The lowest BCUT2D eigenvalue weighted by atomic mass is 9.97. The van der Waals surface area contributed by atoms with Crippen LogP contribution in [-0.4, -0.2) is 37.2 Å². The fraction of sp³-hybridized carbons (Fsp3) is 0.241. The van der Waals surface area contributed by atoms with Crippen molar-refractivity contribution in [3.63, 3.8) is 0 Å². The summed E-state index contributed by atoms with van der Waals surface area (Å²) in [5, 5.41) is 5.27. The van der Waals surface area contributed by atoms with Crippen LogP contribution in [0.15, 0.2) is 65.1 Å². The van der Waals surface area contributed by atoms with Gasteiger partial charge in [0, 0.05) is 35.3 Å². The van der Waals surface area contributed by atoms with Gasteiger partial charge in [-0.1, -0.05) is 12.1 Å². The summed E-state index contributed by atoms with van der Waals surface area (Å²) in [7, 11) is 1.43. The number of rotatable bonds is 6. The van der Waals surface area contributed by atoms with Crippen LogP contribution in [-0.2, 0) is 4.74 Å². The van der Waals surface area contributed by atoms with Gasteiger partial charge in [0.25, 0.3) is 5.91 Å².